The summed E-state index contributed by atoms with van der Waals surface area (Å²) in [5.74, 6) is 0.892. The van der Waals surface area contributed by atoms with E-state index in [0.717, 1.165) is 6.42 Å². The number of benzene rings is 1. The van der Waals surface area contributed by atoms with Crippen LogP contribution in [-0.4, -0.2) is 38.6 Å². The van der Waals surface area contributed by atoms with Gasteiger partial charge < -0.3 is 14.7 Å². The van der Waals surface area contributed by atoms with E-state index in [2.05, 4.69) is 43.5 Å². The van der Waals surface area contributed by atoms with E-state index in [-0.39, 0.29) is 5.75 Å². The predicted octanol–water partition coefficient (Wildman–Crippen LogP) is 2.55. The molecule has 1 aromatic heterocycles. The Bertz CT molecular complexity index is 624. The van der Waals surface area contributed by atoms with Crippen LogP contribution in [-0.2, 0) is 0 Å². The monoisotopic (exact) mass is 333 g/mol. The zero-order chi connectivity index (χ0) is 16.7. The van der Waals surface area contributed by atoms with E-state index in [0.29, 0.717) is 30.5 Å². The molecule has 0 saturated heterocycles. The van der Waals surface area contributed by atoms with Crippen LogP contribution in [0.25, 0.3) is 0 Å². The van der Waals surface area contributed by atoms with Crippen molar-refractivity contribution in [3.8, 4) is 11.5 Å². The first-order valence-electron chi connectivity index (χ1n) is 7.91. The molecule has 4 nitrogen and oxygen atoms in total. The third-order valence-corrected chi connectivity index (χ3v) is 4.56. The number of aliphatic imine (C=N–C) groups is 1. The summed E-state index contributed by atoms with van der Waals surface area (Å²) in [4.78, 5) is 7.20. The Morgan fingerprint density at radius 1 is 1.35 bits per heavy atom. The van der Waals surface area contributed by atoms with Gasteiger partial charge in [-0.2, -0.15) is 0 Å². The first kappa shape index (κ1) is 17.5. The van der Waals surface area contributed by atoms with Gasteiger partial charge >= 0.3 is 0 Å². The van der Waals surface area contributed by atoms with E-state index < -0.39 is 0 Å². The lowest BCUT2D eigenvalue weighted by Crippen LogP contribution is -3.06. The Kier molecular flexibility index (Phi) is 6.62. The van der Waals surface area contributed by atoms with E-state index >= 15 is 0 Å². The summed E-state index contributed by atoms with van der Waals surface area (Å²) >= 11 is 1.76. The van der Waals surface area contributed by atoms with Crippen LogP contribution in [0.1, 0.15) is 29.8 Å². The van der Waals surface area contributed by atoms with Crippen LogP contribution in [0, 0.1) is 0 Å². The van der Waals surface area contributed by atoms with E-state index in [1.807, 2.05) is 12.1 Å². The summed E-state index contributed by atoms with van der Waals surface area (Å²) < 4.78 is 5.51. The molecule has 2 rings (SSSR count). The smallest absolute Gasteiger partial charge is 0.142 e. The second kappa shape index (κ2) is 8.70. The van der Waals surface area contributed by atoms with Gasteiger partial charge in [0.05, 0.1) is 32.1 Å². The highest BCUT2D eigenvalue weighted by Crippen LogP contribution is 2.23. The van der Waals surface area contributed by atoms with Crippen molar-refractivity contribution in [2.75, 3.05) is 27.2 Å². The average molecular weight is 333 g/mol. The van der Waals surface area contributed by atoms with Gasteiger partial charge in [-0.25, -0.2) is 0 Å². The molecule has 1 aromatic carbocycles. The van der Waals surface area contributed by atoms with Gasteiger partial charge in [0, 0.05) is 17.8 Å². The van der Waals surface area contributed by atoms with Crippen LogP contribution >= 0.6 is 11.3 Å². The van der Waals surface area contributed by atoms with E-state index in [1.165, 1.54) is 9.78 Å². The molecule has 0 fully saturated rings. The topological polar surface area (TPSA) is 46.3 Å². The van der Waals surface area contributed by atoms with Gasteiger partial charge in [0.2, 0.25) is 0 Å². The van der Waals surface area contributed by atoms with Crippen molar-refractivity contribution in [2.45, 2.75) is 19.4 Å². The maximum Gasteiger partial charge on any atom is 0.142 e. The van der Waals surface area contributed by atoms with Crippen LogP contribution in [0.3, 0.4) is 0 Å². The first-order valence-corrected chi connectivity index (χ1v) is 8.79. The molecule has 1 heterocycles. The van der Waals surface area contributed by atoms with Crippen LogP contribution in [0.15, 0.2) is 40.7 Å². The Balaban J connectivity index is 2.02. The summed E-state index contributed by atoms with van der Waals surface area (Å²) in [6, 6.07) is 9.90. The number of hydrogen-bond acceptors (Lipinski definition) is 4. The van der Waals surface area contributed by atoms with Crippen molar-refractivity contribution < 1.29 is 14.7 Å². The number of phenolic OH excluding ortho intramolecular Hbond substituents is 1. The zero-order valence-corrected chi connectivity index (χ0v) is 14.8. The molecule has 0 aliphatic carbocycles. The summed E-state index contributed by atoms with van der Waals surface area (Å²) in [7, 11) is 4.27. The molecule has 0 unspecified atom stereocenters. The van der Waals surface area contributed by atoms with Crippen molar-refractivity contribution in [3.63, 3.8) is 0 Å². The Morgan fingerprint density at radius 2 is 2.17 bits per heavy atom. The predicted molar refractivity (Wildman–Crippen MR) is 96.2 cm³/mol. The van der Waals surface area contributed by atoms with Crippen molar-refractivity contribution in [2.24, 2.45) is 4.99 Å². The maximum atomic E-state index is 10.1. The molecular weight excluding hydrogens is 308 g/mol. The molecular formula is C18H25N2O2S+. The number of thiophene rings is 1. The van der Waals surface area contributed by atoms with Gasteiger partial charge in [-0.1, -0.05) is 13.0 Å². The molecule has 2 aromatic rings. The van der Waals surface area contributed by atoms with Crippen molar-refractivity contribution in [1.82, 2.24) is 0 Å². The minimum Gasteiger partial charge on any atom is -0.507 e. The molecule has 0 radical (unpaired) electrons. The highest BCUT2D eigenvalue weighted by Gasteiger charge is 2.17. The molecule has 5 heteroatoms. The van der Waals surface area contributed by atoms with Crippen molar-refractivity contribution in [1.29, 1.82) is 0 Å². The third-order valence-electron chi connectivity index (χ3n) is 3.58. The number of phenols is 1. The number of nitrogens with zero attached hydrogens (tertiary/aromatic N) is 1. The maximum absolute atomic E-state index is 10.1. The van der Waals surface area contributed by atoms with E-state index in [9.17, 15) is 5.11 Å². The van der Waals surface area contributed by atoms with Crippen LogP contribution in [0.4, 0.5) is 0 Å². The van der Waals surface area contributed by atoms with Crippen molar-refractivity contribution in [3.05, 3.63) is 46.2 Å². The molecule has 0 spiro atoms. The van der Waals surface area contributed by atoms with Gasteiger partial charge in [0.15, 0.2) is 0 Å². The Hall–Kier alpha value is -1.85. The second-order valence-corrected chi connectivity index (χ2v) is 6.69. The highest BCUT2D eigenvalue weighted by atomic mass is 32.1. The number of ether oxygens (including phenoxy) is 1. The van der Waals surface area contributed by atoms with E-state index in [4.69, 9.17) is 4.74 Å². The summed E-state index contributed by atoms with van der Waals surface area (Å²) in [5.41, 5.74) is 0.715. The molecule has 0 aliphatic heterocycles. The van der Waals surface area contributed by atoms with E-state index in [1.54, 1.807) is 23.6 Å². The third kappa shape index (κ3) is 5.08. The molecule has 0 saturated carbocycles. The number of rotatable bonds is 8. The lowest BCUT2D eigenvalue weighted by Gasteiger charge is -2.18. The van der Waals surface area contributed by atoms with Crippen molar-refractivity contribution >= 4 is 17.6 Å². The number of hydrogen-bond donors (Lipinski definition) is 2. The minimum absolute atomic E-state index is 0.201. The summed E-state index contributed by atoms with van der Waals surface area (Å²) in [5, 5.41) is 12.2. The quantitative estimate of drug-likeness (QED) is 0.729. The standard InChI is InChI=1S/C18H24N2O2S/c1-4-9-22-15-8-7-14(17(21)11-15)12-19-13-16(20(2)3)18-6-5-10-23-18/h5-8,10-12,16,21H,4,9,13H2,1-3H3/p+1/t16-/m1/s1. The second-order valence-electron chi connectivity index (χ2n) is 5.71. The summed E-state index contributed by atoms with van der Waals surface area (Å²) in [6.45, 7) is 3.40. The van der Waals surface area contributed by atoms with Gasteiger partial charge in [0.1, 0.15) is 17.5 Å². The van der Waals surface area contributed by atoms with Crippen LogP contribution < -0.4 is 9.64 Å². The SMILES string of the molecule is CCCOc1ccc(C=NC[C@H](c2cccs2)[NH+](C)C)c(O)c1. The van der Waals surface area contributed by atoms with Crippen LogP contribution in [0.5, 0.6) is 11.5 Å². The Labute approximate surface area is 142 Å². The Morgan fingerprint density at radius 3 is 2.78 bits per heavy atom. The van der Waals surface area contributed by atoms with Gasteiger partial charge in [-0.15, -0.1) is 11.3 Å². The lowest BCUT2D eigenvalue weighted by atomic mass is 10.2. The van der Waals surface area contributed by atoms with Crippen LogP contribution in [0.2, 0.25) is 0 Å². The number of quaternary nitrogens is 1. The zero-order valence-electron chi connectivity index (χ0n) is 14.0. The molecule has 23 heavy (non-hydrogen) atoms. The van der Waals surface area contributed by atoms with Gasteiger partial charge in [-0.3, -0.25) is 4.99 Å². The molecule has 0 aliphatic rings. The largest absolute Gasteiger partial charge is 0.507 e. The first-order chi connectivity index (χ1) is 11.1. The highest BCUT2D eigenvalue weighted by molar-refractivity contribution is 7.10. The summed E-state index contributed by atoms with van der Waals surface area (Å²) in [6.07, 6.45) is 2.68. The number of likely N-dealkylation sites (N-methyl/N-ethyl adjacent to an activating group) is 1. The molecule has 124 valence electrons. The number of nitrogens with one attached hydrogen (secondary N) is 1. The fourth-order valence-corrected chi connectivity index (χ4v) is 3.19. The minimum atomic E-state index is 0.201. The molecule has 2 N–H and O–H groups in total. The molecule has 0 amide bonds. The van der Waals surface area contributed by atoms with Gasteiger partial charge in [0.25, 0.3) is 0 Å². The normalized spacial score (nSPS) is 12.9. The van der Waals surface area contributed by atoms with Gasteiger partial charge in [-0.05, 0) is 30.0 Å². The molecule has 1 atom stereocenters. The lowest BCUT2D eigenvalue weighted by molar-refractivity contribution is -0.890. The number of aromatic hydroxyl groups is 1. The molecule has 0 bridgehead atoms. The average Bonchev–Trinajstić information content (AvgIpc) is 3.04. The fraction of sp³-hybridized carbons (Fsp3) is 0.389. The fourth-order valence-electron chi connectivity index (χ4n) is 2.25.